The number of benzene rings is 1. The number of hydrogen-bond donors (Lipinski definition) is 1. The molecule has 1 N–H and O–H groups in total. The Morgan fingerprint density at radius 1 is 1.30 bits per heavy atom. The number of amides is 1. The topological polar surface area (TPSA) is 39.3 Å². The Labute approximate surface area is 135 Å². The van der Waals surface area contributed by atoms with Crippen LogP contribution in [-0.2, 0) is 0 Å². The van der Waals surface area contributed by atoms with Crippen molar-refractivity contribution >= 4 is 16.8 Å². The van der Waals surface area contributed by atoms with Crippen molar-refractivity contribution in [2.45, 2.75) is 38.3 Å². The van der Waals surface area contributed by atoms with Crippen LogP contribution in [0.15, 0.2) is 24.3 Å². The Balaban J connectivity index is 1.66. The molecule has 2 aliphatic rings. The Hall–Kier alpha value is -1.88. The van der Waals surface area contributed by atoms with Gasteiger partial charge in [0.15, 0.2) is 0 Å². The summed E-state index contributed by atoms with van der Waals surface area (Å²) in [6.45, 7) is 5.21. The van der Waals surface area contributed by atoms with Gasteiger partial charge in [-0.25, -0.2) is 4.39 Å². The smallest absolute Gasteiger partial charge is 0.270 e. The molecule has 0 spiro atoms. The van der Waals surface area contributed by atoms with Crippen molar-refractivity contribution in [1.82, 2.24) is 14.8 Å². The van der Waals surface area contributed by atoms with Gasteiger partial charge in [0.25, 0.3) is 5.91 Å². The molecule has 23 heavy (non-hydrogen) atoms. The average Bonchev–Trinajstić information content (AvgIpc) is 3.09. The van der Waals surface area contributed by atoms with Gasteiger partial charge >= 0.3 is 0 Å². The van der Waals surface area contributed by atoms with Crippen molar-refractivity contribution < 1.29 is 9.18 Å². The van der Waals surface area contributed by atoms with Crippen LogP contribution in [0.2, 0.25) is 0 Å². The van der Waals surface area contributed by atoms with E-state index < -0.39 is 0 Å². The third kappa shape index (κ3) is 2.43. The fraction of sp³-hybridized carbons (Fsp3) is 0.500. The molecule has 2 bridgehead atoms. The molecule has 2 fully saturated rings. The van der Waals surface area contributed by atoms with E-state index in [9.17, 15) is 9.18 Å². The lowest BCUT2D eigenvalue weighted by Gasteiger charge is -2.28. The number of likely N-dealkylation sites (N-methyl/N-ethyl adjacent to an activating group) is 1. The summed E-state index contributed by atoms with van der Waals surface area (Å²) in [7, 11) is 0. The third-order valence-corrected chi connectivity index (χ3v) is 5.39. The number of carbonyl (C=O) groups is 1. The van der Waals surface area contributed by atoms with Crippen LogP contribution in [0.5, 0.6) is 0 Å². The number of hydrogen-bond acceptors (Lipinski definition) is 2. The zero-order valence-corrected chi connectivity index (χ0v) is 13.4. The van der Waals surface area contributed by atoms with Crippen LogP contribution in [0.3, 0.4) is 0 Å². The second-order valence-electron chi connectivity index (χ2n) is 6.66. The molecule has 2 aliphatic heterocycles. The van der Waals surface area contributed by atoms with Crippen LogP contribution in [0, 0.1) is 5.82 Å². The molecule has 2 saturated heterocycles. The molecule has 1 amide bonds. The molecule has 2 atom stereocenters. The Morgan fingerprint density at radius 3 is 2.91 bits per heavy atom. The van der Waals surface area contributed by atoms with E-state index in [-0.39, 0.29) is 17.8 Å². The second kappa shape index (κ2) is 5.64. The van der Waals surface area contributed by atoms with Gasteiger partial charge in [-0.15, -0.1) is 0 Å². The van der Waals surface area contributed by atoms with Gasteiger partial charge in [0.2, 0.25) is 0 Å². The zero-order chi connectivity index (χ0) is 16.0. The summed E-state index contributed by atoms with van der Waals surface area (Å²) in [4.78, 5) is 20.6. The van der Waals surface area contributed by atoms with E-state index in [2.05, 4.69) is 21.7 Å². The van der Waals surface area contributed by atoms with Crippen molar-refractivity contribution in [2.75, 3.05) is 19.6 Å². The summed E-state index contributed by atoms with van der Waals surface area (Å²) in [5.74, 6) is -0.264. The first kappa shape index (κ1) is 14.7. The maximum absolute atomic E-state index is 13.9. The lowest BCUT2D eigenvalue weighted by Crippen LogP contribution is -2.43. The fourth-order valence-electron chi connectivity index (χ4n) is 4.14. The number of nitrogens with zero attached hydrogens (tertiary/aromatic N) is 2. The molecule has 4 rings (SSSR count). The summed E-state index contributed by atoms with van der Waals surface area (Å²) < 4.78 is 13.9. The molecular formula is C18H22FN3O. The normalized spacial score (nSPS) is 25.0. The molecule has 1 aromatic heterocycles. The highest BCUT2D eigenvalue weighted by Crippen LogP contribution is 2.32. The molecule has 5 heteroatoms. The highest BCUT2D eigenvalue weighted by molar-refractivity contribution is 5.98. The van der Waals surface area contributed by atoms with E-state index in [0.29, 0.717) is 22.6 Å². The summed E-state index contributed by atoms with van der Waals surface area (Å²) in [6.07, 6.45) is 3.19. The van der Waals surface area contributed by atoms with Gasteiger partial charge in [0, 0.05) is 36.1 Å². The van der Waals surface area contributed by atoms with Gasteiger partial charge in [0.1, 0.15) is 11.5 Å². The lowest BCUT2D eigenvalue weighted by molar-refractivity contribution is 0.0666. The SMILES string of the molecule is CCN1CCC2CCC(C1)N2C(=O)c1cc2c(F)cccc2[nH]1. The minimum Gasteiger partial charge on any atom is -0.350 e. The quantitative estimate of drug-likeness (QED) is 0.925. The first-order valence-corrected chi connectivity index (χ1v) is 8.49. The molecule has 1 aromatic carbocycles. The van der Waals surface area contributed by atoms with Crippen LogP contribution < -0.4 is 0 Å². The number of likely N-dealkylation sites (tertiary alicyclic amines) is 1. The average molecular weight is 315 g/mol. The summed E-state index contributed by atoms with van der Waals surface area (Å²) in [5.41, 5.74) is 1.19. The van der Waals surface area contributed by atoms with Gasteiger partial charge in [0.05, 0.1) is 0 Å². The third-order valence-electron chi connectivity index (χ3n) is 5.39. The predicted molar refractivity (Wildman–Crippen MR) is 88.0 cm³/mol. The van der Waals surface area contributed by atoms with Crippen LogP contribution in [0.4, 0.5) is 4.39 Å². The minimum absolute atomic E-state index is 0.0195. The van der Waals surface area contributed by atoms with Crippen LogP contribution in [0.25, 0.3) is 10.9 Å². The fourth-order valence-corrected chi connectivity index (χ4v) is 4.14. The number of aromatic amines is 1. The molecule has 3 heterocycles. The standard InChI is InChI=1S/C18H22FN3O/c1-2-21-9-8-12-6-7-13(11-21)22(12)18(23)17-10-14-15(19)4-3-5-16(14)20-17/h3-5,10,12-13,20H,2,6-9,11H2,1H3. The van der Waals surface area contributed by atoms with Crippen LogP contribution in [-0.4, -0.2) is 52.4 Å². The largest absolute Gasteiger partial charge is 0.350 e. The minimum atomic E-state index is -0.284. The van der Waals surface area contributed by atoms with Gasteiger partial charge in [-0.3, -0.25) is 4.79 Å². The van der Waals surface area contributed by atoms with E-state index in [1.54, 1.807) is 12.1 Å². The van der Waals surface area contributed by atoms with Crippen LogP contribution in [0.1, 0.15) is 36.7 Å². The summed E-state index contributed by atoms with van der Waals surface area (Å²) in [5, 5.41) is 0.494. The number of halogens is 1. The number of rotatable bonds is 2. The van der Waals surface area contributed by atoms with E-state index in [0.717, 1.165) is 38.9 Å². The summed E-state index contributed by atoms with van der Waals surface area (Å²) >= 11 is 0. The van der Waals surface area contributed by atoms with E-state index in [1.165, 1.54) is 6.07 Å². The number of nitrogens with one attached hydrogen (secondary N) is 1. The van der Waals surface area contributed by atoms with Crippen molar-refractivity contribution in [1.29, 1.82) is 0 Å². The van der Waals surface area contributed by atoms with E-state index in [1.807, 2.05) is 6.07 Å². The number of H-pyrrole nitrogens is 1. The number of fused-ring (bicyclic) bond motifs is 3. The molecule has 2 unspecified atom stereocenters. The highest BCUT2D eigenvalue weighted by atomic mass is 19.1. The number of carbonyl (C=O) groups excluding carboxylic acids is 1. The molecule has 0 aliphatic carbocycles. The lowest BCUT2D eigenvalue weighted by atomic mass is 10.1. The Bertz CT molecular complexity index is 741. The second-order valence-corrected chi connectivity index (χ2v) is 6.66. The molecular weight excluding hydrogens is 293 g/mol. The van der Waals surface area contributed by atoms with Crippen molar-refractivity contribution in [3.63, 3.8) is 0 Å². The van der Waals surface area contributed by atoms with Crippen molar-refractivity contribution in [3.8, 4) is 0 Å². The van der Waals surface area contributed by atoms with E-state index >= 15 is 0 Å². The molecule has 0 saturated carbocycles. The van der Waals surface area contributed by atoms with Gasteiger partial charge < -0.3 is 14.8 Å². The number of aromatic nitrogens is 1. The Kier molecular flexibility index (Phi) is 3.60. The maximum Gasteiger partial charge on any atom is 0.270 e. The summed E-state index contributed by atoms with van der Waals surface area (Å²) in [6, 6.07) is 7.17. The van der Waals surface area contributed by atoms with Gasteiger partial charge in [-0.2, -0.15) is 0 Å². The first-order valence-electron chi connectivity index (χ1n) is 8.49. The highest BCUT2D eigenvalue weighted by Gasteiger charge is 2.40. The monoisotopic (exact) mass is 315 g/mol. The van der Waals surface area contributed by atoms with Gasteiger partial charge in [-0.05, 0) is 44.0 Å². The Morgan fingerprint density at radius 2 is 2.13 bits per heavy atom. The molecule has 122 valence electrons. The predicted octanol–water partition coefficient (Wildman–Crippen LogP) is 3.01. The van der Waals surface area contributed by atoms with Crippen molar-refractivity contribution in [2.24, 2.45) is 0 Å². The zero-order valence-electron chi connectivity index (χ0n) is 13.4. The van der Waals surface area contributed by atoms with E-state index in [4.69, 9.17) is 0 Å². The molecule has 4 nitrogen and oxygen atoms in total. The van der Waals surface area contributed by atoms with Crippen LogP contribution >= 0.6 is 0 Å². The first-order chi connectivity index (χ1) is 11.2. The maximum atomic E-state index is 13.9. The van der Waals surface area contributed by atoms with Gasteiger partial charge in [-0.1, -0.05) is 13.0 Å². The molecule has 2 aromatic rings. The molecule has 0 radical (unpaired) electrons. The van der Waals surface area contributed by atoms with Crippen molar-refractivity contribution in [3.05, 3.63) is 35.8 Å².